The summed E-state index contributed by atoms with van der Waals surface area (Å²) in [7, 11) is -1.49. The summed E-state index contributed by atoms with van der Waals surface area (Å²) in [4.78, 5) is 4.66. The molecule has 0 saturated carbocycles. The Hall–Kier alpha value is -2.74. The Balaban J connectivity index is 1.61. The molecule has 8 heteroatoms. The Kier molecular flexibility index (Phi) is 6.79. The lowest BCUT2D eigenvalue weighted by Gasteiger charge is -2.28. The number of sulfone groups is 1. The first-order chi connectivity index (χ1) is 14.6. The highest BCUT2D eigenvalue weighted by molar-refractivity contribution is 7.90. The van der Waals surface area contributed by atoms with Gasteiger partial charge in [-0.05, 0) is 41.8 Å². The van der Waals surface area contributed by atoms with E-state index in [4.69, 9.17) is 9.47 Å². The molecule has 0 fully saturated rings. The van der Waals surface area contributed by atoms with Crippen LogP contribution in [0.5, 0.6) is 11.5 Å². The van der Waals surface area contributed by atoms with Crippen LogP contribution in [0.4, 0.5) is 0 Å². The van der Waals surface area contributed by atoms with Crippen LogP contribution >= 0.6 is 0 Å². The standard InChI is InChI=1S/C23H31N3O4S/c1-16-12-17(6-9-21(16)31(5,27)28)14-25-22(24-4)26-15-23(2,3)18-7-8-19-20(13-18)30-11-10-29-19/h6-9,12-13H,10-11,14-15H2,1-5H3,(H2,24,25,26). The van der Waals surface area contributed by atoms with Gasteiger partial charge < -0.3 is 20.1 Å². The molecule has 0 bridgehead atoms. The summed E-state index contributed by atoms with van der Waals surface area (Å²) in [5, 5.41) is 6.67. The molecule has 2 aromatic carbocycles. The first-order valence-electron chi connectivity index (χ1n) is 10.2. The molecule has 7 nitrogen and oxygen atoms in total. The smallest absolute Gasteiger partial charge is 0.191 e. The summed E-state index contributed by atoms with van der Waals surface area (Å²) >= 11 is 0. The second-order valence-electron chi connectivity index (χ2n) is 8.39. The lowest BCUT2D eigenvalue weighted by atomic mass is 9.84. The summed E-state index contributed by atoms with van der Waals surface area (Å²) in [6.45, 7) is 8.47. The van der Waals surface area contributed by atoms with E-state index < -0.39 is 9.84 Å². The number of guanidine groups is 1. The van der Waals surface area contributed by atoms with Crippen LogP contribution in [0.3, 0.4) is 0 Å². The minimum atomic E-state index is -3.22. The van der Waals surface area contributed by atoms with E-state index in [1.807, 2.05) is 31.2 Å². The zero-order valence-corrected chi connectivity index (χ0v) is 19.6. The summed E-state index contributed by atoms with van der Waals surface area (Å²) < 4.78 is 34.9. The van der Waals surface area contributed by atoms with Gasteiger partial charge in [0.15, 0.2) is 27.3 Å². The molecule has 2 aromatic rings. The van der Waals surface area contributed by atoms with Crippen molar-refractivity contribution in [1.82, 2.24) is 10.6 Å². The van der Waals surface area contributed by atoms with Crippen molar-refractivity contribution in [2.45, 2.75) is 37.6 Å². The van der Waals surface area contributed by atoms with Gasteiger partial charge in [0.2, 0.25) is 0 Å². The van der Waals surface area contributed by atoms with E-state index >= 15 is 0 Å². The molecule has 1 aliphatic rings. The number of benzene rings is 2. The van der Waals surface area contributed by atoms with E-state index in [2.05, 4.69) is 35.5 Å². The summed E-state index contributed by atoms with van der Waals surface area (Å²) in [6, 6.07) is 11.4. The zero-order chi connectivity index (χ0) is 22.6. The Morgan fingerprint density at radius 3 is 2.42 bits per heavy atom. The quantitative estimate of drug-likeness (QED) is 0.525. The minimum absolute atomic E-state index is 0.165. The van der Waals surface area contributed by atoms with Crippen molar-refractivity contribution in [3.8, 4) is 11.5 Å². The Morgan fingerprint density at radius 1 is 1.06 bits per heavy atom. The van der Waals surface area contributed by atoms with Crippen molar-refractivity contribution in [3.05, 3.63) is 53.1 Å². The Labute approximate surface area is 184 Å². The molecule has 0 saturated heterocycles. The normalized spacial score (nSPS) is 14.3. The number of fused-ring (bicyclic) bond motifs is 1. The molecule has 1 heterocycles. The van der Waals surface area contributed by atoms with Gasteiger partial charge in [0.25, 0.3) is 0 Å². The number of aliphatic imine (C=N–C) groups is 1. The van der Waals surface area contributed by atoms with Crippen LogP contribution in [0.25, 0.3) is 0 Å². The maximum absolute atomic E-state index is 11.8. The zero-order valence-electron chi connectivity index (χ0n) is 18.8. The molecule has 0 atom stereocenters. The van der Waals surface area contributed by atoms with Gasteiger partial charge in [-0.25, -0.2) is 8.42 Å². The first kappa shape index (κ1) is 22.9. The summed E-state index contributed by atoms with van der Waals surface area (Å²) in [5.41, 5.74) is 2.70. The number of hydrogen-bond donors (Lipinski definition) is 2. The van der Waals surface area contributed by atoms with E-state index in [1.165, 1.54) is 6.26 Å². The highest BCUT2D eigenvalue weighted by Crippen LogP contribution is 2.34. The lowest BCUT2D eigenvalue weighted by molar-refractivity contribution is 0.171. The molecular formula is C23H31N3O4S. The monoisotopic (exact) mass is 445 g/mol. The third-order valence-corrected chi connectivity index (χ3v) is 6.60. The minimum Gasteiger partial charge on any atom is -0.486 e. The van der Waals surface area contributed by atoms with Crippen LogP contribution in [-0.2, 0) is 21.8 Å². The van der Waals surface area contributed by atoms with E-state index in [-0.39, 0.29) is 5.41 Å². The predicted octanol–water partition coefficient (Wildman–Crippen LogP) is 2.81. The first-order valence-corrected chi connectivity index (χ1v) is 12.1. The van der Waals surface area contributed by atoms with Crippen molar-refractivity contribution < 1.29 is 17.9 Å². The number of nitrogens with one attached hydrogen (secondary N) is 2. The van der Waals surface area contributed by atoms with E-state index in [9.17, 15) is 8.42 Å². The van der Waals surface area contributed by atoms with Gasteiger partial charge in [-0.1, -0.05) is 32.0 Å². The Morgan fingerprint density at radius 2 is 1.77 bits per heavy atom. The molecule has 0 radical (unpaired) electrons. The molecule has 0 aliphatic carbocycles. The number of nitrogens with zero attached hydrogens (tertiary/aromatic N) is 1. The Bertz CT molecular complexity index is 1080. The van der Waals surface area contributed by atoms with Gasteiger partial charge in [0, 0.05) is 31.8 Å². The number of aryl methyl sites for hydroxylation is 1. The van der Waals surface area contributed by atoms with E-state index in [1.54, 1.807) is 13.1 Å². The van der Waals surface area contributed by atoms with Crippen molar-refractivity contribution in [2.24, 2.45) is 4.99 Å². The van der Waals surface area contributed by atoms with Crippen LogP contribution in [0, 0.1) is 6.92 Å². The van der Waals surface area contributed by atoms with Crippen LogP contribution in [0.15, 0.2) is 46.3 Å². The molecular weight excluding hydrogens is 414 g/mol. The lowest BCUT2D eigenvalue weighted by Crippen LogP contribution is -2.43. The second-order valence-corrected chi connectivity index (χ2v) is 10.4. The fourth-order valence-electron chi connectivity index (χ4n) is 3.51. The van der Waals surface area contributed by atoms with Gasteiger partial charge in [0.05, 0.1) is 4.90 Å². The third-order valence-electron chi connectivity index (χ3n) is 5.34. The maximum Gasteiger partial charge on any atom is 0.191 e. The SMILES string of the molecule is CN=C(NCc1ccc(S(C)(=O)=O)c(C)c1)NCC(C)(C)c1ccc2c(c1)OCCO2. The van der Waals surface area contributed by atoms with Gasteiger partial charge in [-0.2, -0.15) is 0 Å². The van der Waals surface area contributed by atoms with Crippen molar-refractivity contribution in [1.29, 1.82) is 0 Å². The van der Waals surface area contributed by atoms with Crippen LogP contribution in [-0.4, -0.2) is 47.4 Å². The third kappa shape index (κ3) is 5.70. The average Bonchev–Trinajstić information content (AvgIpc) is 2.72. The van der Waals surface area contributed by atoms with Gasteiger partial charge in [0.1, 0.15) is 13.2 Å². The average molecular weight is 446 g/mol. The van der Waals surface area contributed by atoms with Gasteiger partial charge in [-0.3, -0.25) is 4.99 Å². The van der Waals surface area contributed by atoms with Crippen molar-refractivity contribution in [3.63, 3.8) is 0 Å². The molecule has 2 N–H and O–H groups in total. The van der Waals surface area contributed by atoms with Crippen molar-refractivity contribution in [2.75, 3.05) is 33.1 Å². The van der Waals surface area contributed by atoms with E-state index in [0.29, 0.717) is 37.2 Å². The fraction of sp³-hybridized carbons (Fsp3) is 0.435. The molecule has 31 heavy (non-hydrogen) atoms. The van der Waals surface area contributed by atoms with Crippen LogP contribution < -0.4 is 20.1 Å². The van der Waals surface area contributed by atoms with Gasteiger partial charge >= 0.3 is 0 Å². The largest absolute Gasteiger partial charge is 0.486 e. The molecule has 1 aliphatic heterocycles. The predicted molar refractivity (Wildman–Crippen MR) is 123 cm³/mol. The molecule has 0 amide bonds. The van der Waals surface area contributed by atoms with Crippen LogP contribution in [0.2, 0.25) is 0 Å². The number of hydrogen-bond acceptors (Lipinski definition) is 5. The maximum atomic E-state index is 11.8. The van der Waals surface area contributed by atoms with Crippen LogP contribution in [0.1, 0.15) is 30.5 Å². The molecule has 0 unspecified atom stereocenters. The highest BCUT2D eigenvalue weighted by Gasteiger charge is 2.24. The fourth-order valence-corrected chi connectivity index (χ4v) is 4.47. The highest BCUT2D eigenvalue weighted by atomic mass is 32.2. The molecule has 3 rings (SSSR count). The molecule has 0 aromatic heterocycles. The summed E-state index contributed by atoms with van der Waals surface area (Å²) in [5.74, 6) is 2.25. The summed E-state index contributed by atoms with van der Waals surface area (Å²) in [6.07, 6.45) is 1.22. The number of ether oxygens (including phenoxy) is 2. The molecule has 0 spiro atoms. The van der Waals surface area contributed by atoms with E-state index in [0.717, 1.165) is 28.2 Å². The van der Waals surface area contributed by atoms with Gasteiger partial charge in [-0.15, -0.1) is 0 Å². The van der Waals surface area contributed by atoms with Crippen molar-refractivity contribution >= 4 is 15.8 Å². The molecule has 168 valence electrons. The topological polar surface area (TPSA) is 89.0 Å². The number of rotatable bonds is 6. The second kappa shape index (κ2) is 9.18.